The number of rotatable bonds is 2. The maximum Gasteiger partial charge on any atom is 0.0639 e. The molecule has 0 nitrogen and oxygen atoms in total. The van der Waals surface area contributed by atoms with E-state index in [-0.39, 0.29) is 12.1 Å². The fourth-order valence-corrected chi connectivity index (χ4v) is 4.16. The van der Waals surface area contributed by atoms with Crippen LogP contribution in [0.1, 0.15) is 15.2 Å². The Bertz CT molecular complexity index is 759. The molecule has 0 aliphatic rings. The third kappa shape index (κ3) is 2.23. The van der Waals surface area contributed by atoms with Crippen LogP contribution in [0, 0.1) is 13.8 Å². The highest BCUT2D eigenvalue weighted by Gasteiger charge is 2.07. The molecule has 0 atom stereocenters. The fraction of sp³-hybridized carbons (Fsp3) is 0.143. The summed E-state index contributed by atoms with van der Waals surface area (Å²) in [6.45, 7) is 3.72. The Morgan fingerprint density at radius 1 is 0.706 bits per heavy atom. The van der Waals surface area contributed by atoms with Crippen molar-refractivity contribution in [1.29, 1.82) is 0 Å². The van der Waals surface area contributed by atoms with Crippen LogP contribution in [-0.4, -0.2) is 0 Å². The summed E-state index contributed by atoms with van der Waals surface area (Å²) >= 11 is 4.47. The molecule has 0 saturated heterocycles. The van der Waals surface area contributed by atoms with Gasteiger partial charge in [-0.25, -0.2) is 0 Å². The number of hydrogen-bond acceptors (Lipinski definition) is 3. The Kier molecular flexibility index (Phi) is 1.95. The zero-order chi connectivity index (χ0) is 15.3. The molecule has 0 spiro atoms. The zero-order valence-electron chi connectivity index (χ0n) is 13.4. The first-order valence-corrected chi connectivity index (χ1v) is 7.58. The maximum absolute atomic E-state index is 8.01. The van der Waals surface area contributed by atoms with Gasteiger partial charge in [-0.15, -0.1) is 34.0 Å². The second-order valence-electron chi connectivity index (χ2n) is 3.64. The second-order valence-corrected chi connectivity index (χ2v) is 7.17. The standard InChI is InChI=1S/C14H12S3/c1-9-3-5-11(15-9)13-7-8-14(17-13)12-6-4-10(2)16-12/h3-8H,1-2H3/i3D,4D,5D,6D. The highest BCUT2D eigenvalue weighted by molar-refractivity contribution is 7.26. The highest BCUT2D eigenvalue weighted by atomic mass is 32.1. The van der Waals surface area contributed by atoms with Crippen LogP contribution in [0.5, 0.6) is 0 Å². The summed E-state index contributed by atoms with van der Waals surface area (Å²) in [6.07, 6.45) is 0. The molecule has 0 unspecified atom stereocenters. The van der Waals surface area contributed by atoms with E-state index in [4.69, 9.17) is 5.48 Å². The van der Waals surface area contributed by atoms with Gasteiger partial charge in [0.1, 0.15) is 0 Å². The van der Waals surface area contributed by atoms with Gasteiger partial charge >= 0.3 is 0 Å². The van der Waals surface area contributed by atoms with E-state index >= 15 is 0 Å². The molecule has 0 amide bonds. The Morgan fingerprint density at radius 2 is 1.18 bits per heavy atom. The van der Waals surface area contributed by atoms with E-state index < -0.39 is 0 Å². The molecule has 3 rings (SSSR count). The first-order valence-electron chi connectivity index (χ1n) is 7.14. The lowest BCUT2D eigenvalue weighted by Crippen LogP contribution is -1.57. The van der Waals surface area contributed by atoms with Gasteiger partial charge in [-0.1, -0.05) is 0 Å². The average Bonchev–Trinajstić information content (AvgIpc) is 3.10. The molecule has 86 valence electrons. The molecule has 0 saturated carbocycles. The van der Waals surface area contributed by atoms with Gasteiger partial charge in [-0.05, 0) is 50.1 Å². The van der Waals surface area contributed by atoms with E-state index in [0.29, 0.717) is 12.1 Å². The summed E-state index contributed by atoms with van der Waals surface area (Å²) in [4.78, 5) is 5.26. The molecule has 0 bridgehead atoms. The van der Waals surface area contributed by atoms with E-state index in [0.717, 1.165) is 29.3 Å². The maximum atomic E-state index is 8.01. The molecule has 0 aliphatic carbocycles. The smallest absolute Gasteiger partial charge is 0.0639 e. The van der Waals surface area contributed by atoms with Crippen LogP contribution in [-0.2, 0) is 0 Å². The summed E-state index contributed by atoms with van der Waals surface area (Å²) in [6, 6.07) is 5.04. The third-order valence-corrected chi connectivity index (χ3v) is 5.52. The molecule has 0 fully saturated rings. The van der Waals surface area contributed by atoms with Crippen LogP contribution >= 0.6 is 34.0 Å². The van der Waals surface area contributed by atoms with Crippen molar-refractivity contribution < 1.29 is 5.48 Å². The minimum atomic E-state index is 0.278. The molecule has 3 aromatic rings. The van der Waals surface area contributed by atoms with E-state index in [2.05, 4.69) is 0 Å². The lowest BCUT2D eigenvalue weighted by molar-refractivity contribution is 1.64. The van der Waals surface area contributed by atoms with Gasteiger partial charge in [0.05, 0.1) is 5.48 Å². The summed E-state index contributed by atoms with van der Waals surface area (Å²) in [5, 5.41) is 0. The van der Waals surface area contributed by atoms with Gasteiger partial charge in [0.25, 0.3) is 0 Å². The average molecular weight is 280 g/mol. The number of thiophene rings is 3. The van der Waals surface area contributed by atoms with Crippen LogP contribution in [0.4, 0.5) is 0 Å². The van der Waals surface area contributed by atoms with Gasteiger partial charge in [0.15, 0.2) is 0 Å². The van der Waals surface area contributed by atoms with Crippen molar-refractivity contribution in [2.75, 3.05) is 0 Å². The number of aryl methyl sites for hydroxylation is 2. The van der Waals surface area contributed by atoms with Crippen molar-refractivity contribution in [2.24, 2.45) is 0 Å². The first kappa shape index (κ1) is 7.52. The van der Waals surface area contributed by atoms with E-state index in [1.165, 1.54) is 34.0 Å². The Hall–Kier alpha value is -0.900. The molecule has 3 heteroatoms. The predicted octanol–water partition coefficient (Wildman–Crippen LogP) is 5.82. The largest absolute Gasteiger partial charge is 0.140 e. The Morgan fingerprint density at radius 3 is 1.53 bits per heavy atom. The summed E-state index contributed by atoms with van der Waals surface area (Å²) in [7, 11) is 0. The monoisotopic (exact) mass is 280 g/mol. The molecule has 3 aromatic heterocycles. The summed E-state index contributed by atoms with van der Waals surface area (Å²) < 4.78 is 31.7. The van der Waals surface area contributed by atoms with Crippen molar-refractivity contribution >= 4 is 34.0 Å². The topological polar surface area (TPSA) is 0 Å². The predicted molar refractivity (Wildman–Crippen MR) is 80.4 cm³/mol. The second kappa shape index (κ2) is 4.41. The Labute approximate surface area is 119 Å². The fourth-order valence-electron chi connectivity index (χ4n) is 1.50. The van der Waals surface area contributed by atoms with Crippen LogP contribution in [0.15, 0.2) is 36.3 Å². The van der Waals surface area contributed by atoms with Crippen molar-refractivity contribution in [3.63, 3.8) is 0 Å². The highest BCUT2D eigenvalue weighted by Crippen LogP contribution is 2.39. The van der Waals surface area contributed by atoms with Gasteiger partial charge in [0.2, 0.25) is 0 Å². The van der Waals surface area contributed by atoms with Gasteiger partial charge in [0, 0.05) is 29.3 Å². The minimum absolute atomic E-state index is 0.278. The van der Waals surface area contributed by atoms with Crippen LogP contribution in [0.2, 0.25) is 0 Å². The minimum Gasteiger partial charge on any atom is -0.140 e. The molecule has 3 heterocycles. The van der Waals surface area contributed by atoms with E-state index in [9.17, 15) is 0 Å². The van der Waals surface area contributed by atoms with E-state index in [1.54, 1.807) is 0 Å². The van der Waals surface area contributed by atoms with E-state index in [1.807, 2.05) is 26.0 Å². The molecular formula is C14H12S3. The van der Waals surface area contributed by atoms with Crippen LogP contribution < -0.4 is 0 Å². The van der Waals surface area contributed by atoms with Crippen molar-refractivity contribution in [2.45, 2.75) is 13.8 Å². The molecular weight excluding hydrogens is 264 g/mol. The van der Waals surface area contributed by atoms with Gasteiger partial charge < -0.3 is 0 Å². The molecule has 0 aliphatic heterocycles. The van der Waals surface area contributed by atoms with Crippen molar-refractivity contribution in [3.05, 3.63) is 46.1 Å². The molecule has 0 radical (unpaired) electrons. The lowest BCUT2D eigenvalue weighted by atomic mass is 10.3. The number of hydrogen-bond donors (Lipinski definition) is 0. The molecule has 17 heavy (non-hydrogen) atoms. The Balaban J connectivity index is 2.07. The SMILES string of the molecule is [2H]c1c(C)sc(-c2ccc(-c3sc(C)c([2H])c3[2H])s2)c1[2H]. The molecule has 0 aromatic carbocycles. The molecule has 0 N–H and O–H groups in total. The van der Waals surface area contributed by atoms with Gasteiger partial charge in [-0.2, -0.15) is 0 Å². The summed E-state index contributed by atoms with van der Waals surface area (Å²) in [5.74, 6) is 0. The normalized spacial score (nSPS) is 14.2. The summed E-state index contributed by atoms with van der Waals surface area (Å²) in [5.41, 5.74) is 0. The van der Waals surface area contributed by atoms with Crippen molar-refractivity contribution in [3.8, 4) is 19.5 Å². The first-order chi connectivity index (χ1) is 9.90. The van der Waals surface area contributed by atoms with Crippen LogP contribution in [0.3, 0.4) is 0 Å². The lowest BCUT2D eigenvalue weighted by Gasteiger charge is -1.90. The van der Waals surface area contributed by atoms with Crippen LogP contribution in [0.25, 0.3) is 19.5 Å². The quantitative estimate of drug-likeness (QED) is 0.554. The van der Waals surface area contributed by atoms with Crippen molar-refractivity contribution in [1.82, 2.24) is 0 Å². The van der Waals surface area contributed by atoms with Gasteiger partial charge in [-0.3, -0.25) is 0 Å². The third-order valence-electron chi connectivity index (χ3n) is 2.27. The zero-order valence-corrected chi connectivity index (χ0v) is 11.8.